The summed E-state index contributed by atoms with van der Waals surface area (Å²) in [6.07, 6.45) is -4.69. The summed E-state index contributed by atoms with van der Waals surface area (Å²) in [5.41, 5.74) is -2.37. The molecule has 1 amide bonds. The maximum Gasteiger partial charge on any atom is 0.413 e. The van der Waals surface area contributed by atoms with Gasteiger partial charge in [-0.15, -0.1) is 0 Å². The summed E-state index contributed by atoms with van der Waals surface area (Å²) in [6.45, 7) is -0.526. The van der Waals surface area contributed by atoms with Gasteiger partial charge in [-0.25, -0.2) is 4.39 Å². The molecular weight excluding hydrogens is 356 g/mol. The molecule has 0 saturated carbocycles. The van der Waals surface area contributed by atoms with E-state index in [1.54, 1.807) is 0 Å². The molecule has 1 heterocycles. The quantitative estimate of drug-likeness (QED) is 0.832. The highest BCUT2D eigenvalue weighted by atomic mass is 79.9. The molecule has 116 valence electrons. The van der Waals surface area contributed by atoms with Gasteiger partial charge in [-0.05, 0) is 17.7 Å². The van der Waals surface area contributed by atoms with E-state index in [1.165, 1.54) is 24.3 Å². The van der Waals surface area contributed by atoms with Gasteiger partial charge in [-0.1, -0.05) is 28.1 Å². The Labute approximate surface area is 127 Å². The number of rotatable bonds is 3. The summed E-state index contributed by atoms with van der Waals surface area (Å²) in [6, 6.07) is 3.24. The highest BCUT2D eigenvalue weighted by molar-refractivity contribution is 9.10. The van der Waals surface area contributed by atoms with Gasteiger partial charge in [-0.3, -0.25) is 4.79 Å². The fourth-order valence-electron chi connectivity index (χ4n) is 2.21. The van der Waals surface area contributed by atoms with Gasteiger partial charge in [0.2, 0.25) is 5.67 Å². The Morgan fingerprint density at radius 2 is 1.86 bits per heavy atom. The largest absolute Gasteiger partial charge is 0.413 e. The summed E-state index contributed by atoms with van der Waals surface area (Å²) >= 11 is 3.13. The molecule has 0 unspecified atom stereocenters. The predicted octanol–water partition coefficient (Wildman–Crippen LogP) is 2.82. The van der Waals surface area contributed by atoms with Crippen molar-refractivity contribution in [3.8, 4) is 0 Å². The monoisotopic (exact) mass is 368 g/mol. The van der Waals surface area contributed by atoms with Crippen LogP contribution in [-0.4, -0.2) is 42.8 Å². The standard InChI is InChI=1S/C13H13BrF4N2O/c1-20(11(21)12(15)6-19-7-12)10(13(16,17)18)8-2-4-9(14)5-3-8/h2-5,10,19H,6-7H2,1H3/t10-/m0/s1. The molecule has 0 spiro atoms. The van der Waals surface area contributed by atoms with Gasteiger partial charge in [-0.2, -0.15) is 13.2 Å². The molecule has 1 saturated heterocycles. The Bertz CT molecular complexity index is 528. The second-order valence-corrected chi connectivity index (χ2v) is 5.90. The van der Waals surface area contributed by atoms with E-state index in [1.807, 2.05) is 0 Å². The fourth-order valence-corrected chi connectivity index (χ4v) is 2.47. The molecule has 1 aromatic rings. The minimum Gasteiger partial charge on any atom is -0.327 e. The zero-order valence-electron chi connectivity index (χ0n) is 11.0. The Kier molecular flexibility index (Phi) is 4.30. The van der Waals surface area contributed by atoms with E-state index in [0.717, 1.165) is 7.05 Å². The molecule has 0 bridgehead atoms. The third-order valence-corrected chi connectivity index (χ3v) is 3.93. The number of nitrogens with one attached hydrogen (secondary N) is 1. The summed E-state index contributed by atoms with van der Waals surface area (Å²) in [5, 5.41) is 2.55. The maximum absolute atomic E-state index is 14.1. The molecule has 1 fully saturated rings. The lowest BCUT2D eigenvalue weighted by Gasteiger charge is -2.39. The second kappa shape index (κ2) is 5.57. The SMILES string of the molecule is CN(C(=O)C1(F)CNC1)[C@@H](c1ccc(Br)cc1)C(F)(F)F. The molecule has 1 aliphatic rings. The van der Waals surface area contributed by atoms with Crippen LogP contribution < -0.4 is 5.32 Å². The van der Waals surface area contributed by atoms with Crippen LogP contribution in [0.3, 0.4) is 0 Å². The van der Waals surface area contributed by atoms with Crippen LogP contribution in [0.25, 0.3) is 0 Å². The Morgan fingerprint density at radius 3 is 2.24 bits per heavy atom. The number of carbonyl (C=O) groups excluding carboxylic acids is 1. The lowest BCUT2D eigenvalue weighted by molar-refractivity contribution is -0.195. The summed E-state index contributed by atoms with van der Waals surface area (Å²) in [5.74, 6) is -1.16. The molecule has 0 aromatic heterocycles. The predicted molar refractivity (Wildman–Crippen MR) is 72.4 cm³/mol. The van der Waals surface area contributed by atoms with Gasteiger partial charge in [0.1, 0.15) is 0 Å². The Balaban J connectivity index is 2.32. The third kappa shape index (κ3) is 3.21. The highest BCUT2D eigenvalue weighted by Gasteiger charge is 2.52. The first kappa shape index (κ1) is 16.2. The van der Waals surface area contributed by atoms with Crippen LogP contribution in [0.1, 0.15) is 11.6 Å². The molecular formula is C13H13BrF4N2O. The number of amides is 1. The van der Waals surface area contributed by atoms with Gasteiger partial charge in [0.25, 0.3) is 5.91 Å². The molecule has 21 heavy (non-hydrogen) atoms. The number of carbonyl (C=O) groups is 1. The van der Waals surface area contributed by atoms with Crippen molar-refractivity contribution in [1.29, 1.82) is 0 Å². The summed E-state index contributed by atoms with van der Waals surface area (Å²) < 4.78 is 54.5. The van der Waals surface area contributed by atoms with Crippen molar-refractivity contribution in [2.24, 2.45) is 0 Å². The van der Waals surface area contributed by atoms with Crippen LogP contribution in [-0.2, 0) is 4.79 Å². The molecule has 3 nitrogen and oxygen atoms in total. The van der Waals surface area contributed by atoms with E-state index in [9.17, 15) is 22.4 Å². The van der Waals surface area contributed by atoms with Gasteiger partial charge in [0.05, 0.1) is 0 Å². The lowest BCUT2D eigenvalue weighted by Crippen LogP contribution is -2.65. The van der Waals surface area contributed by atoms with Crippen LogP contribution in [0.4, 0.5) is 17.6 Å². The fraction of sp³-hybridized carbons (Fsp3) is 0.462. The number of benzene rings is 1. The first-order valence-corrected chi connectivity index (χ1v) is 6.93. The van der Waals surface area contributed by atoms with Gasteiger partial charge in [0, 0.05) is 24.6 Å². The highest BCUT2D eigenvalue weighted by Crippen LogP contribution is 2.39. The average Bonchev–Trinajstić information content (AvgIpc) is 2.36. The normalized spacial score (nSPS) is 18.8. The molecule has 1 aromatic carbocycles. The van der Waals surface area contributed by atoms with E-state index < -0.39 is 23.8 Å². The van der Waals surface area contributed by atoms with Crippen molar-refractivity contribution in [2.75, 3.05) is 20.1 Å². The van der Waals surface area contributed by atoms with Crippen molar-refractivity contribution in [3.63, 3.8) is 0 Å². The van der Waals surface area contributed by atoms with Gasteiger partial charge >= 0.3 is 6.18 Å². The van der Waals surface area contributed by atoms with Crippen LogP contribution >= 0.6 is 15.9 Å². The first-order valence-electron chi connectivity index (χ1n) is 6.14. The van der Waals surface area contributed by atoms with Gasteiger partial charge in [0.15, 0.2) is 6.04 Å². The lowest BCUT2D eigenvalue weighted by atomic mass is 9.95. The average molecular weight is 369 g/mol. The van der Waals surface area contributed by atoms with Crippen LogP contribution in [0.15, 0.2) is 28.7 Å². The number of alkyl halides is 4. The number of hydrogen-bond donors (Lipinski definition) is 1. The second-order valence-electron chi connectivity index (χ2n) is 4.98. The molecule has 0 radical (unpaired) electrons. The third-order valence-electron chi connectivity index (χ3n) is 3.40. The Hall–Kier alpha value is -1.15. The molecule has 1 aliphatic heterocycles. The van der Waals surface area contributed by atoms with E-state index in [2.05, 4.69) is 21.2 Å². The number of halogens is 5. The first-order chi connectivity index (χ1) is 9.65. The van der Waals surface area contributed by atoms with Crippen LogP contribution in [0.5, 0.6) is 0 Å². The smallest absolute Gasteiger partial charge is 0.327 e. The van der Waals surface area contributed by atoms with Crippen molar-refractivity contribution in [2.45, 2.75) is 17.9 Å². The van der Waals surface area contributed by atoms with Crippen molar-refractivity contribution in [1.82, 2.24) is 10.2 Å². The zero-order chi connectivity index (χ0) is 15.8. The van der Waals surface area contributed by atoms with E-state index in [4.69, 9.17) is 0 Å². The molecule has 0 aliphatic carbocycles. The maximum atomic E-state index is 14.1. The zero-order valence-corrected chi connectivity index (χ0v) is 12.6. The van der Waals surface area contributed by atoms with Gasteiger partial charge < -0.3 is 10.2 Å². The topological polar surface area (TPSA) is 32.3 Å². The van der Waals surface area contributed by atoms with Crippen LogP contribution in [0, 0.1) is 0 Å². The minimum atomic E-state index is -4.69. The van der Waals surface area contributed by atoms with Crippen molar-refractivity contribution >= 4 is 21.8 Å². The number of hydrogen-bond acceptors (Lipinski definition) is 2. The minimum absolute atomic E-state index is 0.113. The van der Waals surface area contributed by atoms with Crippen molar-refractivity contribution < 1.29 is 22.4 Å². The number of nitrogens with zero attached hydrogens (tertiary/aromatic N) is 1. The van der Waals surface area contributed by atoms with E-state index in [-0.39, 0.29) is 18.7 Å². The molecule has 8 heteroatoms. The summed E-state index contributed by atoms with van der Waals surface area (Å²) in [7, 11) is 0.974. The van der Waals surface area contributed by atoms with Crippen molar-refractivity contribution in [3.05, 3.63) is 34.3 Å². The molecule has 1 atom stereocenters. The summed E-state index contributed by atoms with van der Waals surface area (Å²) in [4.78, 5) is 12.4. The van der Waals surface area contributed by atoms with Crippen LogP contribution in [0.2, 0.25) is 0 Å². The van der Waals surface area contributed by atoms with E-state index in [0.29, 0.717) is 9.37 Å². The van der Waals surface area contributed by atoms with E-state index >= 15 is 0 Å². The Morgan fingerprint density at radius 1 is 1.33 bits per heavy atom. The molecule has 1 N–H and O–H groups in total. The molecule has 2 rings (SSSR count).